The molecule has 0 fully saturated rings. The summed E-state index contributed by atoms with van der Waals surface area (Å²) < 4.78 is 5.86. The number of para-hydroxylation sites is 1. The van der Waals surface area contributed by atoms with Crippen LogP contribution in [0.1, 0.15) is 5.69 Å². The summed E-state index contributed by atoms with van der Waals surface area (Å²) in [6.07, 6.45) is 0. The average Bonchev–Trinajstić information content (AvgIpc) is 2.85. The molecule has 0 unspecified atom stereocenters. The number of rotatable bonds is 1. The maximum atomic E-state index is 5.86. The molecule has 0 radical (unpaired) electrons. The highest BCUT2D eigenvalue weighted by Crippen LogP contribution is 2.33. The Morgan fingerprint density at radius 3 is 2.57 bits per heavy atom. The molecule has 2 heterocycles. The number of aromatic nitrogens is 1. The minimum atomic E-state index is 0.547. The van der Waals surface area contributed by atoms with Crippen LogP contribution in [0.25, 0.3) is 33.1 Å². The van der Waals surface area contributed by atoms with Crippen LogP contribution >= 0.6 is 0 Å². The molecule has 4 aromatic rings. The SMILES string of the molecule is Cc1nc(N)ccc1-c1ccc2oc3ccccc3c2c1. The van der Waals surface area contributed by atoms with Gasteiger partial charge in [-0.15, -0.1) is 0 Å². The Balaban J connectivity index is 1.99. The molecule has 0 saturated carbocycles. The van der Waals surface area contributed by atoms with Crippen molar-refractivity contribution in [1.82, 2.24) is 4.98 Å². The molecular weight excluding hydrogens is 260 g/mol. The van der Waals surface area contributed by atoms with Gasteiger partial charge in [0.25, 0.3) is 0 Å². The van der Waals surface area contributed by atoms with Crippen molar-refractivity contribution in [2.24, 2.45) is 0 Å². The molecule has 3 nitrogen and oxygen atoms in total. The highest BCUT2D eigenvalue weighted by molar-refractivity contribution is 6.06. The summed E-state index contributed by atoms with van der Waals surface area (Å²) in [5.41, 5.74) is 10.7. The molecule has 0 aliphatic rings. The van der Waals surface area contributed by atoms with E-state index in [2.05, 4.69) is 23.2 Å². The van der Waals surface area contributed by atoms with E-state index in [1.165, 1.54) is 0 Å². The second-order valence-corrected chi connectivity index (χ2v) is 5.18. The molecule has 0 spiro atoms. The minimum Gasteiger partial charge on any atom is -0.456 e. The Kier molecular flexibility index (Phi) is 2.48. The number of nitrogens with two attached hydrogens (primary N) is 1. The summed E-state index contributed by atoms with van der Waals surface area (Å²) in [6.45, 7) is 1.98. The van der Waals surface area contributed by atoms with Crippen molar-refractivity contribution in [3.8, 4) is 11.1 Å². The molecule has 4 rings (SSSR count). The first-order valence-corrected chi connectivity index (χ1v) is 6.87. The van der Waals surface area contributed by atoms with Gasteiger partial charge < -0.3 is 10.2 Å². The maximum Gasteiger partial charge on any atom is 0.135 e. The smallest absolute Gasteiger partial charge is 0.135 e. The quantitative estimate of drug-likeness (QED) is 0.554. The van der Waals surface area contributed by atoms with Gasteiger partial charge in [-0.25, -0.2) is 4.98 Å². The van der Waals surface area contributed by atoms with Crippen molar-refractivity contribution >= 4 is 27.8 Å². The van der Waals surface area contributed by atoms with E-state index >= 15 is 0 Å². The Bertz CT molecular complexity index is 969. The standard InChI is InChI=1S/C18H14N2O/c1-11-13(7-9-18(19)20-11)12-6-8-17-15(10-12)14-4-2-3-5-16(14)21-17/h2-10H,1H3,(H2,19,20). The zero-order chi connectivity index (χ0) is 14.4. The Morgan fingerprint density at radius 1 is 0.905 bits per heavy atom. The third kappa shape index (κ3) is 1.86. The monoisotopic (exact) mass is 274 g/mol. The van der Waals surface area contributed by atoms with E-state index < -0.39 is 0 Å². The first-order valence-electron chi connectivity index (χ1n) is 6.87. The summed E-state index contributed by atoms with van der Waals surface area (Å²) in [5, 5.41) is 2.26. The lowest BCUT2D eigenvalue weighted by molar-refractivity contribution is 0.669. The molecule has 0 aliphatic heterocycles. The lowest BCUT2D eigenvalue weighted by Crippen LogP contribution is -1.94. The largest absolute Gasteiger partial charge is 0.456 e. The zero-order valence-corrected chi connectivity index (χ0v) is 11.6. The second-order valence-electron chi connectivity index (χ2n) is 5.18. The molecule has 21 heavy (non-hydrogen) atoms. The topological polar surface area (TPSA) is 52.0 Å². The maximum absolute atomic E-state index is 5.86. The lowest BCUT2D eigenvalue weighted by atomic mass is 10.0. The van der Waals surface area contributed by atoms with Gasteiger partial charge in [-0.1, -0.05) is 24.3 Å². The predicted octanol–water partition coefficient (Wildman–Crippen LogP) is 4.54. The number of nitrogen functional groups attached to an aromatic ring is 1. The van der Waals surface area contributed by atoms with Gasteiger partial charge in [-0.3, -0.25) is 0 Å². The first kappa shape index (κ1) is 12.0. The Hall–Kier alpha value is -2.81. The predicted molar refractivity (Wildman–Crippen MR) is 86.1 cm³/mol. The van der Waals surface area contributed by atoms with E-state index in [1.54, 1.807) is 0 Å². The fourth-order valence-electron chi connectivity index (χ4n) is 2.78. The third-order valence-electron chi connectivity index (χ3n) is 3.80. The molecule has 2 aromatic heterocycles. The van der Waals surface area contributed by atoms with Gasteiger partial charge in [0.1, 0.15) is 17.0 Å². The molecule has 0 atom stereocenters. The summed E-state index contributed by atoms with van der Waals surface area (Å²) in [5.74, 6) is 0.547. The number of fused-ring (bicyclic) bond motifs is 3. The van der Waals surface area contributed by atoms with Crippen LogP contribution in [-0.2, 0) is 0 Å². The lowest BCUT2D eigenvalue weighted by Gasteiger charge is -2.06. The van der Waals surface area contributed by atoms with Gasteiger partial charge in [-0.2, -0.15) is 0 Å². The van der Waals surface area contributed by atoms with Gasteiger partial charge >= 0.3 is 0 Å². The van der Waals surface area contributed by atoms with Crippen molar-refractivity contribution in [2.45, 2.75) is 6.92 Å². The van der Waals surface area contributed by atoms with E-state index in [9.17, 15) is 0 Å². The Labute approximate surface area is 122 Å². The summed E-state index contributed by atoms with van der Waals surface area (Å²) >= 11 is 0. The summed E-state index contributed by atoms with van der Waals surface area (Å²) in [6, 6.07) is 18.2. The van der Waals surface area contributed by atoms with Gasteiger partial charge in [0.05, 0.1) is 0 Å². The molecule has 0 saturated heterocycles. The molecule has 0 aliphatic carbocycles. The van der Waals surface area contributed by atoms with E-state index in [0.717, 1.165) is 38.8 Å². The Morgan fingerprint density at radius 2 is 1.71 bits per heavy atom. The fraction of sp³-hybridized carbons (Fsp3) is 0.0556. The van der Waals surface area contributed by atoms with E-state index in [-0.39, 0.29) is 0 Å². The second kappa shape index (κ2) is 4.35. The molecule has 3 heteroatoms. The molecule has 102 valence electrons. The average molecular weight is 274 g/mol. The number of furan rings is 1. The van der Waals surface area contributed by atoms with Gasteiger partial charge in [0.15, 0.2) is 0 Å². The van der Waals surface area contributed by atoms with Crippen LogP contribution in [0.4, 0.5) is 5.82 Å². The van der Waals surface area contributed by atoms with Crippen molar-refractivity contribution < 1.29 is 4.42 Å². The fourth-order valence-corrected chi connectivity index (χ4v) is 2.78. The van der Waals surface area contributed by atoms with Crippen LogP contribution in [0.2, 0.25) is 0 Å². The van der Waals surface area contributed by atoms with E-state index in [4.69, 9.17) is 10.2 Å². The molecular formula is C18H14N2O. The van der Waals surface area contributed by atoms with Crippen molar-refractivity contribution in [2.75, 3.05) is 5.73 Å². The van der Waals surface area contributed by atoms with Crippen molar-refractivity contribution in [3.05, 3.63) is 60.3 Å². The van der Waals surface area contributed by atoms with Crippen LogP contribution < -0.4 is 5.73 Å². The molecule has 2 N–H and O–H groups in total. The van der Waals surface area contributed by atoms with Crippen LogP contribution in [0.15, 0.2) is 59.0 Å². The van der Waals surface area contributed by atoms with Crippen LogP contribution in [0, 0.1) is 6.92 Å². The third-order valence-corrected chi connectivity index (χ3v) is 3.80. The summed E-state index contributed by atoms with van der Waals surface area (Å²) in [7, 11) is 0. The van der Waals surface area contributed by atoms with Crippen LogP contribution in [0.3, 0.4) is 0 Å². The molecule has 0 amide bonds. The van der Waals surface area contributed by atoms with Crippen LogP contribution in [-0.4, -0.2) is 4.98 Å². The van der Waals surface area contributed by atoms with E-state index in [1.807, 2.05) is 43.3 Å². The van der Waals surface area contributed by atoms with Crippen molar-refractivity contribution in [3.63, 3.8) is 0 Å². The number of pyridine rings is 1. The number of hydrogen-bond acceptors (Lipinski definition) is 3. The minimum absolute atomic E-state index is 0.547. The highest BCUT2D eigenvalue weighted by Gasteiger charge is 2.09. The summed E-state index contributed by atoms with van der Waals surface area (Å²) in [4.78, 5) is 4.33. The molecule has 2 aromatic carbocycles. The molecule has 0 bridgehead atoms. The van der Waals surface area contributed by atoms with Gasteiger partial charge in [0.2, 0.25) is 0 Å². The zero-order valence-electron chi connectivity index (χ0n) is 11.6. The number of hydrogen-bond donors (Lipinski definition) is 1. The van der Waals surface area contributed by atoms with Gasteiger partial charge in [0, 0.05) is 22.0 Å². The number of anilines is 1. The normalized spacial score (nSPS) is 11.3. The first-order chi connectivity index (χ1) is 10.2. The van der Waals surface area contributed by atoms with E-state index in [0.29, 0.717) is 5.82 Å². The number of nitrogens with zero attached hydrogens (tertiary/aromatic N) is 1. The van der Waals surface area contributed by atoms with Crippen LogP contribution in [0.5, 0.6) is 0 Å². The number of benzene rings is 2. The number of aryl methyl sites for hydroxylation is 1. The van der Waals surface area contributed by atoms with Gasteiger partial charge in [-0.05, 0) is 42.8 Å². The van der Waals surface area contributed by atoms with Crippen molar-refractivity contribution in [1.29, 1.82) is 0 Å². The highest BCUT2D eigenvalue weighted by atomic mass is 16.3.